The molecule has 1 aliphatic heterocycles. The Balaban J connectivity index is 2.29. The van der Waals surface area contributed by atoms with Crippen LogP contribution < -0.4 is 4.74 Å². The third-order valence-corrected chi connectivity index (χ3v) is 3.64. The van der Waals surface area contributed by atoms with Crippen LogP contribution in [0.15, 0.2) is 18.2 Å². The second kappa shape index (κ2) is 6.16. The number of carbonyl (C=O) groups is 2. The van der Waals surface area contributed by atoms with E-state index in [0.29, 0.717) is 24.5 Å². The molecule has 5 heteroatoms. The quantitative estimate of drug-likeness (QED) is 0.781. The summed E-state index contributed by atoms with van der Waals surface area (Å²) in [5, 5.41) is 0. The smallest absolute Gasteiger partial charge is 0.329 e. The fourth-order valence-electron chi connectivity index (χ4n) is 2.66. The first-order valence-electron chi connectivity index (χ1n) is 7.14. The Labute approximate surface area is 124 Å². The molecule has 0 saturated heterocycles. The molecule has 0 spiro atoms. The Bertz CT molecular complexity index is 553. The summed E-state index contributed by atoms with van der Waals surface area (Å²) >= 11 is 0. The first-order valence-corrected chi connectivity index (χ1v) is 7.14. The Kier molecular flexibility index (Phi) is 4.50. The van der Waals surface area contributed by atoms with Crippen molar-refractivity contribution in [2.45, 2.75) is 33.4 Å². The molecule has 0 saturated carbocycles. The van der Waals surface area contributed by atoms with E-state index in [-0.39, 0.29) is 17.8 Å². The van der Waals surface area contributed by atoms with Gasteiger partial charge >= 0.3 is 5.97 Å². The Morgan fingerprint density at radius 3 is 2.67 bits per heavy atom. The van der Waals surface area contributed by atoms with Gasteiger partial charge in [-0.15, -0.1) is 0 Å². The van der Waals surface area contributed by atoms with Crippen molar-refractivity contribution in [1.82, 2.24) is 4.90 Å². The highest BCUT2D eigenvalue weighted by Gasteiger charge is 2.38. The summed E-state index contributed by atoms with van der Waals surface area (Å²) in [6, 6.07) is 4.79. The average molecular weight is 291 g/mol. The maximum atomic E-state index is 12.5. The van der Waals surface area contributed by atoms with E-state index in [2.05, 4.69) is 0 Å². The lowest BCUT2D eigenvalue weighted by molar-refractivity contribution is -0.150. The molecule has 1 heterocycles. The summed E-state index contributed by atoms with van der Waals surface area (Å²) in [5.41, 5.74) is 1.51. The zero-order valence-corrected chi connectivity index (χ0v) is 12.9. The number of esters is 1. The van der Waals surface area contributed by atoms with Gasteiger partial charge in [-0.3, -0.25) is 4.79 Å². The molecule has 114 valence electrons. The van der Waals surface area contributed by atoms with E-state index in [1.165, 1.54) is 0 Å². The fraction of sp³-hybridized carbons (Fsp3) is 0.500. The van der Waals surface area contributed by atoms with E-state index in [9.17, 15) is 9.59 Å². The topological polar surface area (TPSA) is 55.8 Å². The van der Waals surface area contributed by atoms with Crippen LogP contribution in [0, 0.1) is 5.92 Å². The van der Waals surface area contributed by atoms with Crippen molar-refractivity contribution in [3.63, 3.8) is 0 Å². The van der Waals surface area contributed by atoms with Crippen molar-refractivity contribution in [2.75, 3.05) is 13.7 Å². The second-order valence-corrected chi connectivity index (χ2v) is 5.40. The molecule has 1 aliphatic rings. The number of benzene rings is 1. The monoisotopic (exact) mass is 291 g/mol. The Morgan fingerprint density at radius 2 is 2.10 bits per heavy atom. The molecular formula is C16H21NO4. The summed E-state index contributed by atoms with van der Waals surface area (Å²) in [7, 11) is 1.59. The highest BCUT2D eigenvalue weighted by Crippen LogP contribution is 2.30. The van der Waals surface area contributed by atoms with Gasteiger partial charge in [0.1, 0.15) is 11.8 Å². The highest BCUT2D eigenvalue weighted by molar-refractivity contribution is 6.00. The van der Waals surface area contributed by atoms with Crippen molar-refractivity contribution in [3.8, 4) is 5.75 Å². The van der Waals surface area contributed by atoms with Gasteiger partial charge in [0, 0.05) is 12.1 Å². The van der Waals surface area contributed by atoms with Crippen molar-refractivity contribution in [3.05, 3.63) is 29.3 Å². The lowest BCUT2D eigenvalue weighted by Crippen LogP contribution is -2.45. The van der Waals surface area contributed by atoms with E-state index in [1.807, 2.05) is 19.9 Å². The van der Waals surface area contributed by atoms with Crippen molar-refractivity contribution < 1.29 is 19.1 Å². The van der Waals surface area contributed by atoms with Gasteiger partial charge in [-0.05, 0) is 36.6 Å². The molecule has 0 aliphatic carbocycles. The third kappa shape index (κ3) is 2.86. The predicted octanol–water partition coefficient (Wildman–Crippen LogP) is 2.24. The maximum absolute atomic E-state index is 12.5. The van der Waals surface area contributed by atoms with Gasteiger partial charge in [0.2, 0.25) is 0 Å². The van der Waals surface area contributed by atoms with Crippen LogP contribution in [0.25, 0.3) is 0 Å². The minimum Gasteiger partial charge on any atom is -0.497 e. The molecular weight excluding hydrogens is 270 g/mol. The standard InChI is InChI=1S/C16H21NO4/c1-5-21-16(19)14(10(2)3)17-9-11-8-12(20-4)6-7-13(11)15(17)18/h6-8,10,14H,5,9H2,1-4H3/t14-/m1/s1. The zero-order chi connectivity index (χ0) is 15.6. The summed E-state index contributed by atoms with van der Waals surface area (Å²) < 4.78 is 10.3. The normalized spacial score (nSPS) is 15.1. The number of fused-ring (bicyclic) bond motifs is 1. The molecule has 5 nitrogen and oxygen atoms in total. The number of carbonyl (C=O) groups excluding carboxylic acids is 2. The minimum absolute atomic E-state index is 0.00999. The summed E-state index contributed by atoms with van der Waals surface area (Å²) in [4.78, 5) is 26.3. The molecule has 1 aromatic rings. The first-order chi connectivity index (χ1) is 9.99. The largest absolute Gasteiger partial charge is 0.497 e. The molecule has 0 unspecified atom stereocenters. The van der Waals surface area contributed by atoms with Crippen molar-refractivity contribution in [1.29, 1.82) is 0 Å². The average Bonchev–Trinajstić information content (AvgIpc) is 2.75. The molecule has 1 amide bonds. The molecule has 2 rings (SSSR count). The third-order valence-electron chi connectivity index (χ3n) is 3.64. The minimum atomic E-state index is -0.559. The maximum Gasteiger partial charge on any atom is 0.329 e. The van der Waals surface area contributed by atoms with Crippen LogP contribution in [0.5, 0.6) is 5.75 Å². The van der Waals surface area contributed by atoms with Crippen molar-refractivity contribution in [2.24, 2.45) is 5.92 Å². The molecule has 0 aromatic heterocycles. The van der Waals surface area contributed by atoms with Gasteiger partial charge in [-0.1, -0.05) is 13.8 Å². The molecule has 1 aromatic carbocycles. The van der Waals surface area contributed by atoms with Crippen LogP contribution in [0.1, 0.15) is 36.7 Å². The number of methoxy groups -OCH3 is 1. The van der Waals surface area contributed by atoms with Gasteiger partial charge < -0.3 is 14.4 Å². The lowest BCUT2D eigenvalue weighted by Gasteiger charge is -2.28. The SMILES string of the molecule is CCOC(=O)[C@@H](C(C)C)N1Cc2cc(OC)ccc2C1=O. The van der Waals surface area contributed by atoms with E-state index >= 15 is 0 Å². The number of rotatable bonds is 5. The van der Waals surface area contributed by atoms with Crippen LogP contribution in [-0.4, -0.2) is 36.5 Å². The number of amides is 1. The summed E-state index contributed by atoms with van der Waals surface area (Å²) in [5.74, 6) is 0.227. The number of ether oxygens (including phenoxy) is 2. The predicted molar refractivity (Wildman–Crippen MR) is 78.1 cm³/mol. The lowest BCUT2D eigenvalue weighted by atomic mass is 10.0. The molecule has 0 N–H and O–H groups in total. The van der Waals surface area contributed by atoms with E-state index in [1.54, 1.807) is 31.1 Å². The number of hydrogen-bond acceptors (Lipinski definition) is 4. The molecule has 0 bridgehead atoms. The zero-order valence-electron chi connectivity index (χ0n) is 12.9. The van der Waals surface area contributed by atoms with E-state index in [4.69, 9.17) is 9.47 Å². The Hall–Kier alpha value is -2.04. The van der Waals surface area contributed by atoms with E-state index in [0.717, 1.165) is 5.56 Å². The highest BCUT2D eigenvalue weighted by atomic mass is 16.5. The van der Waals surface area contributed by atoms with Gasteiger partial charge in [0.25, 0.3) is 5.91 Å². The molecule has 21 heavy (non-hydrogen) atoms. The number of nitrogens with zero attached hydrogens (tertiary/aromatic N) is 1. The molecule has 0 fully saturated rings. The first kappa shape index (κ1) is 15.4. The second-order valence-electron chi connectivity index (χ2n) is 5.40. The Morgan fingerprint density at radius 1 is 1.38 bits per heavy atom. The fourth-order valence-corrected chi connectivity index (χ4v) is 2.66. The molecule has 0 radical (unpaired) electrons. The van der Waals surface area contributed by atoms with E-state index < -0.39 is 6.04 Å². The van der Waals surface area contributed by atoms with Crippen LogP contribution in [0.3, 0.4) is 0 Å². The van der Waals surface area contributed by atoms with Gasteiger partial charge in [0.05, 0.1) is 13.7 Å². The van der Waals surface area contributed by atoms with Crippen LogP contribution in [0.4, 0.5) is 0 Å². The van der Waals surface area contributed by atoms with Crippen LogP contribution >= 0.6 is 0 Å². The van der Waals surface area contributed by atoms with Crippen LogP contribution in [0.2, 0.25) is 0 Å². The summed E-state index contributed by atoms with van der Waals surface area (Å²) in [6.07, 6.45) is 0. The molecule has 1 atom stereocenters. The van der Waals surface area contributed by atoms with Crippen molar-refractivity contribution >= 4 is 11.9 Å². The van der Waals surface area contributed by atoms with Gasteiger partial charge in [0.15, 0.2) is 0 Å². The van der Waals surface area contributed by atoms with Gasteiger partial charge in [-0.25, -0.2) is 4.79 Å². The van der Waals surface area contributed by atoms with Gasteiger partial charge in [-0.2, -0.15) is 0 Å². The number of hydrogen-bond donors (Lipinski definition) is 0. The van der Waals surface area contributed by atoms with Crippen LogP contribution in [-0.2, 0) is 16.1 Å². The summed E-state index contributed by atoms with van der Waals surface area (Å²) in [6.45, 7) is 6.31.